The topological polar surface area (TPSA) is 39.1 Å². The predicted octanol–water partition coefficient (Wildman–Crippen LogP) is 1.61. The third-order valence-corrected chi connectivity index (χ3v) is 4.25. The van der Waals surface area contributed by atoms with Crippen LogP contribution in [0.15, 0.2) is 12.3 Å². The average Bonchev–Trinajstić information content (AvgIpc) is 2.71. The Hall–Kier alpha value is -0.870. The first-order valence-electron chi connectivity index (χ1n) is 6.62. The first-order valence-corrected chi connectivity index (χ1v) is 6.62. The number of aryl methyl sites for hydroxylation is 1. The second-order valence-electron chi connectivity index (χ2n) is 5.40. The molecule has 94 valence electrons. The van der Waals surface area contributed by atoms with Crippen LogP contribution in [-0.4, -0.2) is 28.0 Å². The molecule has 4 nitrogen and oxygen atoms in total. The molecule has 1 aromatic rings. The van der Waals surface area contributed by atoms with E-state index >= 15 is 0 Å². The molecule has 0 aromatic carbocycles. The highest BCUT2D eigenvalue weighted by molar-refractivity contribution is 5.01. The molecule has 2 aliphatic rings. The van der Waals surface area contributed by atoms with Gasteiger partial charge in [0.15, 0.2) is 0 Å². The fourth-order valence-electron chi connectivity index (χ4n) is 2.95. The normalized spacial score (nSPS) is 27.0. The minimum absolute atomic E-state index is 0.238. The van der Waals surface area contributed by atoms with Crippen molar-refractivity contribution in [2.24, 2.45) is 7.05 Å². The van der Waals surface area contributed by atoms with Crippen LogP contribution in [0.1, 0.15) is 37.8 Å². The second kappa shape index (κ2) is 4.42. The van der Waals surface area contributed by atoms with E-state index in [4.69, 9.17) is 4.74 Å². The largest absolute Gasteiger partial charge is 0.375 e. The van der Waals surface area contributed by atoms with Crippen molar-refractivity contribution in [1.82, 2.24) is 15.1 Å². The van der Waals surface area contributed by atoms with E-state index in [0.717, 1.165) is 19.6 Å². The zero-order chi connectivity index (χ0) is 11.7. The first-order chi connectivity index (χ1) is 8.27. The van der Waals surface area contributed by atoms with Gasteiger partial charge in [0.1, 0.15) is 0 Å². The molecule has 4 heteroatoms. The Morgan fingerprint density at radius 2 is 2.47 bits per heavy atom. The molecule has 1 saturated carbocycles. The van der Waals surface area contributed by atoms with E-state index in [0.29, 0.717) is 6.04 Å². The number of hydrogen-bond acceptors (Lipinski definition) is 3. The zero-order valence-corrected chi connectivity index (χ0v) is 10.5. The van der Waals surface area contributed by atoms with Crippen molar-refractivity contribution >= 4 is 0 Å². The van der Waals surface area contributed by atoms with E-state index in [2.05, 4.69) is 16.5 Å². The van der Waals surface area contributed by atoms with Crippen LogP contribution in [0.5, 0.6) is 0 Å². The number of hydrogen-bond donors (Lipinski definition) is 1. The van der Waals surface area contributed by atoms with E-state index in [-0.39, 0.29) is 5.60 Å². The quantitative estimate of drug-likeness (QED) is 0.865. The molecule has 3 rings (SSSR count). The van der Waals surface area contributed by atoms with Gasteiger partial charge in [0.25, 0.3) is 0 Å². The van der Waals surface area contributed by atoms with Gasteiger partial charge in [-0.25, -0.2) is 0 Å². The van der Waals surface area contributed by atoms with Gasteiger partial charge in [-0.3, -0.25) is 4.68 Å². The number of aromatic nitrogens is 2. The van der Waals surface area contributed by atoms with Gasteiger partial charge in [0, 0.05) is 32.4 Å². The van der Waals surface area contributed by atoms with Gasteiger partial charge in [-0.2, -0.15) is 5.10 Å². The van der Waals surface area contributed by atoms with Crippen molar-refractivity contribution in [3.8, 4) is 0 Å². The van der Waals surface area contributed by atoms with Crippen molar-refractivity contribution in [2.45, 2.75) is 50.3 Å². The maximum atomic E-state index is 5.93. The lowest BCUT2D eigenvalue weighted by Gasteiger charge is -2.47. The van der Waals surface area contributed by atoms with Gasteiger partial charge in [-0.1, -0.05) is 0 Å². The van der Waals surface area contributed by atoms with Gasteiger partial charge >= 0.3 is 0 Å². The molecule has 1 atom stereocenters. The maximum absolute atomic E-state index is 5.93. The Morgan fingerprint density at radius 3 is 3.12 bits per heavy atom. The lowest BCUT2D eigenvalue weighted by molar-refractivity contribution is -0.135. The highest BCUT2D eigenvalue weighted by Gasteiger charge is 2.42. The summed E-state index contributed by atoms with van der Waals surface area (Å²) in [7, 11) is 1.99. The van der Waals surface area contributed by atoms with Crippen LogP contribution in [0.3, 0.4) is 0 Å². The minimum atomic E-state index is 0.238. The molecule has 0 radical (unpaired) electrons. The van der Waals surface area contributed by atoms with E-state index in [1.807, 2.05) is 17.9 Å². The SMILES string of the molecule is Cn1nccc1CNC1CCOC2(CCC2)C1. The lowest BCUT2D eigenvalue weighted by atomic mass is 9.74. The Morgan fingerprint density at radius 1 is 1.59 bits per heavy atom. The zero-order valence-electron chi connectivity index (χ0n) is 10.5. The van der Waals surface area contributed by atoms with E-state index < -0.39 is 0 Å². The number of ether oxygens (including phenoxy) is 1. The molecule has 0 bridgehead atoms. The maximum Gasteiger partial charge on any atom is 0.0697 e. The van der Waals surface area contributed by atoms with Gasteiger partial charge in [0.2, 0.25) is 0 Å². The number of nitrogens with one attached hydrogen (secondary N) is 1. The summed E-state index contributed by atoms with van der Waals surface area (Å²) in [6.07, 6.45) is 8.04. The molecular weight excluding hydrogens is 214 g/mol. The van der Waals surface area contributed by atoms with Gasteiger partial charge < -0.3 is 10.1 Å². The third kappa shape index (κ3) is 2.24. The van der Waals surface area contributed by atoms with Crippen LogP contribution < -0.4 is 5.32 Å². The fraction of sp³-hybridized carbons (Fsp3) is 0.769. The molecule has 1 saturated heterocycles. The second-order valence-corrected chi connectivity index (χ2v) is 5.40. The van der Waals surface area contributed by atoms with Gasteiger partial charge in [-0.05, 0) is 38.2 Å². The third-order valence-electron chi connectivity index (χ3n) is 4.25. The molecule has 1 aromatic heterocycles. The van der Waals surface area contributed by atoms with Crippen LogP contribution in [-0.2, 0) is 18.3 Å². The van der Waals surface area contributed by atoms with Gasteiger partial charge in [0.05, 0.1) is 11.3 Å². The highest BCUT2D eigenvalue weighted by atomic mass is 16.5. The molecule has 0 amide bonds. The average molecular weight is 235 g/mol. The summed E-state index contributed by atoms with van der Waals surface area (Å²) in [4.78, 5) is 0. The van der Waals surface area contributed by atoms with Crippen molar-refractivity contribution in [3.63, 3.8) is 0 Å². The van der Waals surface area contributed by atoms with Crippen molar-refractivity contribution in [2.75, 3.05) is 6.61 Å². The smallest absolute Gasteiger partial charge is 0.0697 e. The molecular formula is C13H21N3O. The summed E-state index contributed by atoms with van der Waals surface area (Å²) >= 11 is 0. The summed E-state index contributed by atoms with van der Waals surface area (Å²) in [6, 6.07) is 2.68. The predicted molar refractivity (Wildman–Crippen MR) is 65.6 cm³/mol. The Labute approximate surface area is 102 Å². The highest BCUT2D eigenvalue weighted by Crippen LogP contribution is 2.42. The van der Waals surface area contributed by atoms with Crippen molar-refractivity contribution in [1.29, 1.82) is 0 Å². The summed E-state index contributed by atoms with van der Waals surface area (Å²) in [6.45, 7) is 1.83. The Kier molecular flexibility index (Phi) is 2.92. The molecule has 17 heavy (non-hydrogen) atoms. The minimum Gasteiger partial charge on any atom is -0.375 e. The van der Waals surface area contributed by atoms with E-state index in [9.17, 15) is 0 Å². The number of nitrogens with zero attached hydrogens (tertiary/aromatic N) is 2. The van der Waals surface area contributed by atoms with Crippen LogP contribution >= 0.6 is 0 Å². The van der Waals surface area contributed by atoms with Crippen LogP contribution in [0.25, 0.3) is 0 Å². The van der Waals surface area contributed by atoms with Crippen molar-refractivity contribution in [3.05, 3.63) is 18.0 Å². The molecule has 2 fully saturated rings. The van der Waals surface area contributed by atoms with Crippen LogP contribution in [0.2, 0.25) is 0 Å². The molecule has 1 N–H and O–H groups in total. The number of rotatable bonds is 3. The van der Waals surface area contributed by atoms with E-state index in [1.165, 1.54) is 31.4 Å². The van der Waals surface area contributed by atoms with E-state index in [1.54, 1.807) is 0 Å². The summed E-state index contributed by atoms with van der Waals surface area (Å²) < 4.78 is 7.87. The molecule has 2 heterocycles. The molecule has 1 unspecified atom stereocenters. The molecule has 1 spiro atoms. The monoisotopic (exact) mass is 235 g/mol. The fourth-order valence-corrected chi connectivity index (χ4v) is 2.95. The summed E-state index contributed by atoms with van der Waals surface area (Å²) in [5, 5.41) is 7.84. The standard InChI is InChI=1S/C13H21N3O/c1-16-12(3-7-15-16)10-14-11-4-8-17-13(9-11)5-2-6-13/h3,7,11,14H,2,4-6,8-10H2,1H3. The molecule has 1 aliphatic carbocycles. The summed E-state index contributed by atoms with van der Waals surface area (Å²) in [5.74, 6) is 0. The first kappa shape index (κ1) is 11.2. The Balaban J connectivity index is 1.53. The van der Waals surface area contributed by atoms with Crippen LogP contribution in [0, 0.1) is 0 Å². The van der Waals surface area contributed by atoms with Gasteiger partial charge in [-0.15, -0.1) is 0 Å². The lowest BCUT2D eigenvalue weighted by Crippen LogP contribution is -2.50. The molecule has 1 aliphatic heterocycles. The van der Waals surface area contributed by atoms with Crippen molar-refractivity contribution < 1.29 is 4.74 Å². The Bertz CT molecular complexity index is 384. The van der Waals surface area contributed by atoms with Crippen LogP contribution in [0.4, 0.5) is 0 Å². The summed E-state index contributed by atoms with van der Waals surface area (Å²) in [5.41, 5.74) is 1.49.